The second-order valence-electron chi connectivity index (χ2n) is 7.29. The molecule has 168 valence electrons. The lowest BCUT2D eigenvalue weighted by atomic mass is 9.94. The van der Waals surface area contributed by atoms with Crippen LogP contribution in [0, 0.1) is 0 Å². The van der Waals surface area contributed by atoms with E-state index in [4.69, 9.17) is 18.9 Å². The van der Waals surface area contributed by atoms with Gasteiger partial charge in [-0.25, -0.2) is 0 Å². The zero-order chi connectivity index (χ0) is 22.4. The average Bonchev–Trinajstić information content (AvgIpc) is 3.26. The minimum absolute atomic E-state index is 0.385. The molecule has 2 aromatic rings. The summed E-state index contributed by atoms with van der Waals surface area (Å²) in [7, 11) is 3.22. The van der Waals surface area contributed by atoms with Gasteiger partial charge in [0.25, 0.3) is 0 Å². The van der Waals surface area contributed by atoms with E-state index in [0.29, 0.717) is 49.2 Å². The number of carboxylic acid groups (broad SMARTS) is 1. The Kier molecular flexibility index (Phi) is 7.63. The van der Waals surface area contributed by atoms with Crippen molar-refractivity contribution < 1.29 is 28.8 Å². The van der Waals surface area contributed by atoms with Gasteiger partial charge in [0, 0.05) is 6.54 Å². The SMILES string of the molecule is CCOc1ccc(C(c2c(OC)cccc2OC)N2CCCC2C(=O)O)cc1OCC. The van der Waals surface area contributed by atoms with Crippen LogP contribution >= 0.6 is 0 Å². The molecule has 1 aliphatic rings. The van der Waals surface area contributed by atoms with Gasteiger partial charge in [-0.1, -0.05) is 12.1 Å². The number of hydrogen-bond donors (Lipinski definition) is 1. The topological polar surface area (TPSA) is 77.5 Å². The van der Waals surface area contributed by atoms with Crippen molar-refractivity contribution in [3.8, 4) is 23.0 Å². The molecule has 1 aliphatic heterocycles. The fourth-order valence-electron chi connectivity index (χ4n) is 4.27. The van der Waals surface area contributed by atoms with E-state index in [1.165, 1.54) is 0 Å². The molecule has 0 radical (unpaired) electrons. The Hall–Kier alpha value is -2.93. The lowest BCUT2D eigenvalue weighted by Crippen LogP contribution is -2.39. The summed E-state index contributed by atoms with van der Waals surface area (Å²) in [6.45, 7) is 5.52. The van der Waals surface area contributed by atoms with Gasteiger partial charge in [-0.15, -0.1) is 0 Å². The first-order valence-corrected chi connectivity index (χ1v) is 10.6. The van der Waals surface area contributed by atoms with Gasteiger partial charge in [0.2, 0.25) is 0 Å². The minimum atomic E-state index is -0.827. The second-order valence-corrected chi connectivity index (χ2v) is 7.29. The number of methoxy groups -OCH3 is 2. The third-order valence-electron chi connectivity index (χ3n) is 5.53. The van der Waals surface area contributed by atoms with Crippen molar-refractivity contribution in [2.24, 2.45) is 0 Å². The fraction of sp³-hybridized carbons (Fsp3) is 0.458. The maximum atomic E-state index is 12.0. The number of ether oxygens (including phenoxy) is 4. The van der Waals surface area contributed by atoms with Gasteiger partial charge in [-0.2, -0.15) is 0 Å². The van der Waals surface area contributed by atoms with Crippen LogP contribution < -0.4 is 18.9 Å². The summed E-state index contributed by atoms with van der Waals surface area (Å²) in [4.78, 5) is 14.1. The van der Waals surface area contributed by atoms with E-state index < -0.39 is 12.0 Å². The van der Waals surface area contributed by atoms with E-state index in [2.05, 4.69) is 0 Å². The van der Waals surface area contributed by atoms with Gasteiger partial charge >= 0.3 is 5.97 Å². The number of likely N-dealkylation sites (tertiary alicyclic amines) is 1. The van der Waals surface area contributed by atoms with Crippen LogP contribution in [0.4, 0.5) is 0 Å². The predicted octanol–water partition coefficient (Wildman–Crippen LogP) is 4.14. The van der Waals surface area contributed by atoms with Crippen LogP contribution in [0.1, 0.15) is 43.9 Å². The summed E-state index contributed by atoms with van der Waals surface area (Å²) in [5, 5.41) is 9.88. The lowest BCUT2D eigenvalue weighted by Gasteiger charge is -2.34. The van der Waals surface area contributed by atoms with Crippen LogP contribution in [-0.2, 0) is 4.79 Å². The molecule has 2 unspecified atom stereocenters. The highest BCUT2D eigenvalue weighted by Gasteiger charge is 2.39. The molecule has 2 atom stereocenters. The Labute approximate surface area is 183 Å². The quantitative estimate of drug-likeness (QED) is 0.608. The van der Waals surface area contributed by atoms with Crippen molar-refractivity contribution in [3.05, 3.63) is 47.5 Å². The molecule has 0 aromatic heterocycles. The lowest BCUT2D eigenvalue weighted by molar-refractivity contribution is -0.142. The van der Waals surface area contributed by atoms with Crippen LogP contribution in [0.25, 0.3) is 0 Å². The molecule has 1 heterocycles. The van der Waals surface area contributed by atoms with Gasteiger partial charge in [-0.05, 0) is 56.5 Å². The van der Waals surface area contributed by atoms with Gasteiger partial charge in [0.15, 0.2) is 11.5 Å². The van der Waals surface area contributed by atoms with Crippen LogP contribution in [0.15, 0.2) is 36.4 Å². The molecule has 7 nitrogen and oxygen atoms in total. The van der Waals surface area contributed by atoms with E-state index >= 15 is 0 Å². The summed E-state index contributed by atoms with van der Waals surface area (Å²) >= 11 is 0. The van der Waals surface area contributed by atoms with Crippen LogP contribution in [0.3, 0.4) is 0 Å². The molecular formula is C24H31NO6. The minimum Gasteiger partial charge on any atom is -0.496 e. The first-order valence-electron chi connectivity index (χ1n) is 10.6. The summed E-state index contributed by atoms with van der Waals surface area (Å²) in [5.41, 5.74) is 1.69. The molecule has 1 N–H and O–H groups in total. The van der Waals surface area contributed by atoms with E-state index in [1.807, 2.05) is 55.1 Å². The standard InChI is InChI=1S/C24H31NO6/c1-5-30-18-13-12-16(15-21(18)31-6-2)23(25-14-8-9-17(25)24(26)27)22-19(28-3)10-7-11-20(22)29-4/h7,10-13,15,17,23H,5-6,8-9,14H2,1-4H3,(H,26,27). The largest absolute Gasteiger partial charge is 0.496 e. The van der Waals surface area contributed by atoms with Crippen LogP contribution in [-0.4, -0.2) is 56.0 Å². The highest BCUT2D eigenvalue weighted by Crippen LogP contribution is 2.45. The highest BCUT2D eigenvalue weighted by atomic mass is 16.5. The fourth-order valence-corrected chi connectivity index (χ4v) is 4.27. The average molecular weight is 430 g/mol. The molecule has 0 spiro atoms. The zero-order valence-corrected chi connectivity index (χ0v) is 18.6. The number of carbonyl (C=O) groups is 1. The molecule has 0 bridgehead atoms. The Morgan fingerprint density at radius 2 is 1.68 bits per heavy atom. The smallest absolute Gasteiger partial charge is 0.320 e. The number of hydrogen-bond acceptors (Lipinski definition) is 6. The third kappa shape index (κ3) is 4.71. The summed E-state index contributed by atoms with van der Waals surface area (Å²) in [5.74, 6) is 1.76. The Morgan fingerprint density at radius 1 is 1.03 bits per heavy atom. The monoisotopic (exact) mass is 429 g/mol. The van der Waals surface area contributed by atoms with Gasteiger partial charge in [0.05, 0.1) is 39.0 Å². The molecule has 0 amide bonds. The Bertz CT molecular complexity index is 877. The van der Waals surface area contributed by atoms with Crippen LogP contribution in [0.2, 0.25) is 0 Å². The van der Waals surface area contributed by atoms with Gasteiger partial charge in [0.1, 0.15) is 17.5 Å². The van der Waals surface area contributed by atoms with Crippen molar-refractivity contribution in [2.45, 2.75) is 38.8 Å². The van der Waals surface area contributed by atoms with Crippen molar-refractivity contribution in [1.82, 2.24) is 4.90 Å². The number of nitrogens with zero attached hydrogens (tertiary/aromatic N) is 1. The Balaban J connectivity index is 2.21. The van der Waals surface area contributed by atoms with E-state index in [9.17, 15) is 9.90 Å². The molecule has 3 rings (SSSR count). The van der Waals surface area contributed by atoms with Crippen molar-refractivity contribution in [1.29, 1.82) is 0 Å². The Morgan fingerprint density at radius 3 is 2.26 bits per heavy atom. The zero-order valence-electron chi connectivity index (χ0n) is 18.6. The first-order chi connectivity index (χ1) is 15.0. The molecular weight excluding hydrogens is 398 g/mol. The maximum absolute atomic E-state index is 12.0. The van der Waals surface area contributed by atoms with Crippen molar-refractivity contribution in [3.63, 3.8) is 0 Å². The highest BCUT2D eigenvalue weighted by molar-refractivity contribution is 5.74. The number of aliphatic carboxylic acids is 1. The molecule has 1 fully saturated rings. The van der Waals surface area contributed by atoms with E-state index in [0.717, 1.165) is 17.5 Å². The summed E-state index contributed by atoms with van der Waals surface area (Å²) < 4.78 is 22.9. The van der Waals surface area contributed by atoms with Gasteiger partial charge < -0.3 is 24.1 Å². The molecule has 31 heavy (non-hydrogen) atoms. The number of carboxylic acids is 1. The molecule has 0 saturated carbocycles. The molecule has 0 aliphatic carbocycles. The van der Waals surface area contributed by atoms with E-state index in [1.54, 1.807) is 14.2 Å². The first kappa shape index (κ1) is 22.7. The second kappa shape index (κ2) is 10.4. The number of rotatable bonds is 10. The predicted molar refractivity (Wildman–Crippen MR) is 118 cm³/mol. The summed E-state index contributed by atoms with van der Waals surface area (Å²) in [6, 6.07) is 10.4. The summed E-state index contributed by atoms with van der Waals surface area (Å²) in [6.07, 6.45) is 1.40. The maximum Gasteiger partial charge on any atom is 0.320 e. The third-order valence-corrected chi connectivity index (χ3v) is 5.53. The van der Waals surface area contributed by atoms with Gasteiger partial charge in [-0.3, -0.25) is 9.69 Å². The van der Waals surface area contributed by atoms with Crippen molar-refractivity contribution >= 4 is 5.97 Å². The molecule has 1 saturated heterocycles. The molecule has 7 heteroatoms. The normalized spacial score (nSPS) is 17.2. The van der Waals surface area contributed by atoms with E-state index in [-0.39, 0.29) is 6.04 Å². The molecule has 2 aromatic carbocycles. The van der Waals surface area contributed by atoms with Crippen LogP contribution in [0.5, 0.6) is 23.0 Å². The number of benzene rings is 2. The van der Waals surface area contributed by atoms with Crippen molar-refractivity contribution in [2.75, 3.05) is 34.0 Å².